The molecule has 0 radical (unpaired) electrons. The molecule has 1 amide bonds. The number of hydrogen-bond donors (Lipinski definition) is 2. The number of nitrogens with one attached hydrogen (secondary N) is 2. The number of sulfonamides is 1. The molecular formula is C20H30N4O3S2. The molecule has 0 unspecified atom stereocenters. The number of carbonyl (C=O) groups excluding carboxylic acids is 1. The van der Waals surface area contributed by atoms with Crippen molar-refractivity contribution in [2.75, 3.05) is 19.6 Å². The van der Waals surface area contributed by atoms with E-state index in [4.69, 9.17) is 0 Å². The lowest BCUT2D eigenvalue weighted by Gasteiger charge is -2.31. The standard InChI is InChI=1S/C20H30N4O3S2/c1-4-5-10-21-29(26,27)16-6-7-17-18(13-16)23-20(22-17)28-15(3)19(25)24-11-8-14(2)9-12-24/h6-7,13-15,21H,4-5,8-12H2,1-3H3,(H,22,23)/t15-/m0/s1. The van der Waals surface area contributed by atoms with Gasteiger partial charge in [-0.25, -0.2) is 18.1 Å². The molecular weight excluding hydrogens is 408 g/mol. The second-order valence-corrected chi connectivity index (χ2v) is 10.8. The molecule has 0 saturated carbocycles. The average Bonchev–Trinajstić information content (AvgIpc) is 3.09. The van der Waals surface area contributed by atoms with Crippen molar-refractivity contribution >= 4 is 38.7 Å². The fourth-order valence-corrected chi connectivity index (χ4v) is 5.36. The zero-order valence-electron chi connectivity index (χ0n) is 17.3. The van der Waals surface area contributed by atoms with Gasteiger partial charge in [0.1, 0.15) is 0 Å². The SMILES string of the molecule is CCCCNS(=O)(=O)c1ccc2nc(S[C@@H](C)C(=O)N3CCC(C)CC3)[nH]c2c1. The molecule has 1 saturated heterocycles. The van der Waals surface area contributed by atoms with Crippen LogP contribution in [0, 0.1) is 5.92 Å². The van der Waals surface area contributed by atoms with Crippen LogP contribution < -0.4 is 4.72 Å². The third kappa shape index (κ3) is 5.52. The average molecular weight is 439 g/mol. The van der Waals surface area contributed by atoms with Crippen LogP contribution in [0.2, 0.25) is 0 Å². The molecule has 2 aromatic rings. The van der Waals surface area contributed by atoms with Gasteiger partial charge in [0.05, 0.1) is 21.2 Å². The third-order valence-corrected chi connectivity index (χ3v) is 7.73. The number of hydrogen-bond acceptors (Lipinski definition) is 5. The zero-order valence-corrected chi connectivity index (χ0v) is 18.9. The van der Waals surface area contributed by atoms with E-state index in [9.17, 15) is 13.2 Å². The summed E-state index contributed by atoms with van der Waals surface area (Å²) in [5.41, 5.74) is 1.34. The van der Waals surface area contributed by atoms with E-state index in [0.29, 0.717) is 28.7 Å². The number of fused-ring (bicyclic) bond motifs is 1. The van der Waals surface area contributed by atoms with E-state index in [1.807, 2.05) is 18.7 Å². The molecule has 3 rings (SSSR count). The minimum atomic E-state index is -3.54. The largest absolute Gasteiger partial charge is 0.342 e. The van der Waals surface area contributed by atoms with Crippen LogP contribution in [0.15, 0.2) is 28.3 Å². The summed E-state index contributed by atoms with van der Waals surface area (Å²) < 4.78 is 27.5. The smallest absolute Gasteiger partial charge is 0.240 e. The quantitative estimate of drug-likeness (QED) is 0.487. The topological polar surface area (TPSA) is 95.2 Å². The Morgan fingerprint density at radius 3 is 2.79 bits per heavy atom. The Labute approximate surface area is 177 Å². The van der Waals surface area contributed by atoms with Crippen LogP contribution in [0.3, 0.4) is 0 Å². The van der Waals surface area contributed by atoms with Gasteiger partial charge in [0, 0.05) is 19.6 Å². The molecule has 1 aromatic heterocycles. The van der Waals surface area contributed by atoms with Gasteiger partial charge in [0.2, 0.25) is 15.9 Å². The van der Waals surface area contributed by atoms with Gasteiger partial charge >= 0.3 is 0 Å². The van der Waals surface area contributed by atoms with Gasteiger partial charge < -0.3 is 9.88 Å². The summed E-state index contributed by atoms with van der Waals surface area (Å²) in [6.45, 7) is 8.19. The van der Waals surface area contributed by atoms with Crippen molar-refractivity contribution in [1.82, 2.24) is 19.6 Å². The van der Waals surface area contributed by atoms with Crippen molar-refractivity contribution in [3.05, 3.63) is 18.2 Å². The van der Waals surface area contributed by atoms with Crippen LogP contribution in [0.4, 0.5) is 0 Å². The molecule has 2 heterocycles. The second kappa shape index (κ2) is 9.49. The molecule has 0 aliphatic carbocycles. The van der Waals surface area contributed by atoms with Gasteiger partial charge in [-0.2, -0.15) is 0 Å². The summed E-state index contributed by atoms with van der Waals surface area (Å²) in [4.78, 5) is 22.5. The first-order chi connectivity index (χ1) is 13.8. The molecule has 0 spiro atoms. The van der Waals surface area contributed by atoms with Gasteiger partial charge in [-0.3, -0.25) is 4.79 Å². The first-order valence-electron chi connectivity index (χ1n) is 10.2. The van der Waals surface area contributed by atoms with E-state index >= 15 is 0 Å². The lowest BCUT2D eigenvalue weighted by molar-refractivity contribution is -0.131. The summed E-state index contributed by atoms with van der Waals surface area (Å²) >= 11 is 1.38. The monoisotopic (exact) mass is 438 g/mol. The van der Waals surface area contributed by atoms with Crippen LogP contribution in [0.5, 0.6) is 0 Å². The molecule has 1 aromatic carbocycles. The number of aromatic nitrogens is 2. The van der Waals surface area contributed by atoms with Gasteiger partial charge in [0.25, 0.3) is 0 Å². The van der Waals surface area contributed by atoms with Crippen molar-refractivity contribution in [2.24, 2.45) is 5.92 Å². The number of H-pyrrole nitrogens is 1. The number of piperidine rings is 1. The van der Waals surface area contributed by atoms with E-state index < -0.39 is 10.0 Å². The minimum absolute atomic E-state index is 0.130. The number of benzene rings is 1. The predicted molar refractivity (Wildman–Crippen MR) is 116 cm³/mol. The Balaban J connectivity index is 1.69. The fourth-order valence-electron chi connectivity index (χ4n) is 3.36. The predicted octanol–water partition coefficient (Wildman–Crippen LogP) is 3.38. The van der Waals surface area contributed by atoms with Crippen molar-refractivity contribution in [3.8, 4) is 0 Å². The summed E-state index contributed by atoms with van der Waals surface area (Å²) in [5.74, 6) is 0.810. The van der Waals surface area contributed by atoms with Crippen LogP contribution in [0.1, 0.15) is 46.5 Å². The maximum Gasteiger partial charge on any atom is 0.240 e. The first-order valence-corrected chi connectivity index (χ1v) is 12.6. The van der Waals surface area contributed by atoms with E-state index in [1.54, 1.807) is 18.2 Å². The minimum Gasteiger partial charge on any atom is -0.342 e. The number of likely N-dealkylation sites (tertiary alicyclic amines) is 1. The van der Waals surface area contributed by atoms with Crippen LogP contribution in [-0.4, -0.2) is 54.1 Å². The fraction of sp³-hybridized carbons (Fsp3) is 0.600. The maximum absolute atomic E-state index is 12.7. The highest BCUT2D eigenvalue weighted by Gasteiger charge is 2.26. The maximum atomic E-state index is 12.7. The van der Waals surface area contributed by atoms with Gasteiger partial charge in [-0.15, -0.1) is 0 Å². The first kappa shape index (κ1) is 22.1. The molecule has 1 aliphatic rings. The van der Waals surface area contributed by atoms with Crippen molar-refractivity contribution in [1.29, 1.82) is 0 Å². The van der Waals surface area contributed by atoms with E-state index in [0.717, 1.165) is 38.8 Å². The number of rotatable bonds is 8. The molecule has 1 aliphatic heterocycles. The molecule has 2 N–H and O–H groups in total. The lowest BCUT2D eigenvalue weighted by atomic mass is 9.99. The Hall–Kier alpha value is -1.58. The van der Waals surface area contributed by atoms with Crippen LogP contribution in [0.25, 0.3) is 11.0 Å². The van der Waals surface area contributed by atoms with Gasteiger partial charge in [-0.05, 0) is 50.3 Å². The van der Waals surface area contributed by atoms with E-state index in [2.05, 4.69) is 21.6 Å². The number of thioether (sulfide) groups is 1. The highest BCUT2D eigenvalue weighted by molar-refractivity contribution is 8.00. The Morgan fingerprint density at radius 2 is 2.10 bits per heavy atom. The van der Waals surface area contributed by atoms with Gasteiger partial charge in [0.15, 0.2) is 5.16 Å². The number of unbranched alkanes of at least 4 members (excludes halogenated alkanes) is 1. The molecule has 1 atom stereocenters. The summed E-state index contributed by atoms with van der Waals surface area (Å²) in [7, 11) is -3.54. The lowest BCUT2D eigenvalue weighted by Crippen LogP contribution is -2.41. The molecule has 29 heavy (non-hydrogen) atoms. The van der Waals surface area contributed by atoms with Crippen molar-refractivity contribution in [2.45, 2.75) is 61.8 Å². The number of imidazole rings is 1. The number of nitrogens with zero attached hydrogens (tertiary/aromatic N) is 2. The van der Waals surface area contributed by atoms with Crippen molar-refractivity contribution in [3.63, 3.8) is 0 Å². The number of aromatic amines is 1. The number of amides is 1. The zero-order chi connectivity index (χ0) is 21.0. The molecule has 1 fully saturated rings. The van der Waals surface area contributed by atoms with Crippen LogP contribution in [-0.2, 0) is 14.8 Å². The molecule has 0 bridgehead atoms. The number of carbonyl (C=O) groups is 1. The summed E-state index contributed by atoms with van der Waals surface area (Å²) in [5, 5.41) is 0.377. The van der Waals surface area contributed by atoms with E-state index in [-0.39, 0.29) is 16.1 Å². The normalized spacial score (nSPS) is 17.0. The highest BCUT2D eigenvalue weighted by atomic mass is 32.2. The Bertz CT molecular complexity index is 950. The molecule has 7 nitrogen and oxygen atoms in total. The molecule has 160 valence electrons. The summed E-state index contributed by atoms with van der Waals surface area (Å²) in [6, 6.07) is 4.86. The Kier molecular flexibility index (Phi) is 7.23. The van der Waals surface area contributed by atoms with Crippen LogP contribution >= 0.6 is 11.8 Å². The summed E-state index contributed by atoms with van der Waals surface area (Å²) in [6.07, 6.45) is 3.83. The Morgan fingerprint density at radius 1 is 1.38 bits per heavy atom. The van der Waals surface area contributed by atoms with E-state index in [1.165, 1.54) is 11.8 Å². The molecule has 9 heteroatoms. The van der Waals surface area contributed by atoms with Crippen molar-refractivity contribution < 1.29 is 13.2 Å². The third-order valence-electron chi connectivity index (χ3n) is 5.30. The highest BCUT2D eigenvalue weighted by Crippen LogP contribution is 2.27. The second-order valence-electron chi connectivity index (χ2n) is 7.74. The van der Waals surface area contributed by atoms with Gasteiger partial charge in [-0.1, -0.05) is 32.0 Å².